The number of nitrogens with zero attached hydrogens (tertiary/aromatic N) is 5. The van der Waals surface area contributed by atoms with Crippen LogP contribution >= 0.6 is 11.8 Å². The van der Waals surface area contributed by atoms with Crippen molar-refractivity contribution in [3.05, 3.63) is 0 Å². The molecule has 14 heavy (non-hydrogen) atoms. The maximum absolute atomic E-state index is 4.38. The summed E-state index contributed by atoms with van der Waals surface area (Å²) in [7, 11) is 0. The van der Waals surface area contributed by atoms with Gasteiger partial charge < -0.3 is 0 Å². The van der Waals surface area contributed by atoms with Crippen molar-refractivity contribution in [1.82, 2.24) is 0 Å². The lowest BCUT2D eigenvalue weighted by molar-refractivity contribution is 1.14. The van der Waals surface area contributed by atoms with Gasteiger partial charge in [-0.25, -0.2) is 15.0 Å². The van der Waals surface area contributed by atoms with E-state index in [2.05, 4.69) is 25.0 Å². The maximum atomic E-state index is 4.38. The fourth-order valence-electron chi connectivity index (χ4n) is 1.48. The van der Waals surface area contributed by atoms with Crippen LogP contribution in [0.3, 0.4) is 0 Å². The van der Waals surface area contributed by atoms with Crippen LogP contribution in [0.1, 0.15) is 0 Å². The first-order chi connectivity index (χ1) is 6.95. The van der Waals surface area contributed by atoms with Gasteiger partial charge in [-0.05, 0) is 0 Å². The summed E-state index contributed by atoms with van der Waals surface area (Å²) in [6.07, 6.45) is 3.07. The zero-order valence-electron chi connectivity index (χ0n) is 7.29. The zero-order chi connectivity index (χ0) is 9.38. The number of rotatable bonds is 1. The molecule has 0 aromatic rings. The summed E-state index contributed by atoms with van der Waals surface area (Å²) >= 11 is 1.73. The number of thioether (sulfide) groups is 1. The quantitative estimate of drug-likeness (QED) is 0.612. The Hall–Kier alpha value is -1.30. The summed E-state index contributed by atoms with van der Waals surface area (Å²) in [6.45, 7) is 0.874. The van der Waals surface area contributed by atoms with Crippen molar-refractivity contribution in [2.45, 2.75) is 6.04 Å². The summed E-state index contributed by atoms with van der Waals surface area (Å²) < 4.78 is 0. The van der Waals surface area contributed by atoms with Gasteiger partial charge in [0.15, 0.2) is 11.9 Å². The molecule has 0 aliphatic carbocycles. The van der Waals surface area contributed by atoms with E-state index in [1.165, 1.54) is 6.34 Å². The van der Waals surface area contributed by atoms with Gasteiger partial charge in [-0.1, -0.05) is 0 Å². The molecule has 0 amide bonds. The second-order valence-electron chi connectivity index (χ2n) is 2.95. The van der Waals surface area contributed by atoms with Crippen LogP contribution < -0.4 is 0 Å². The number of amidine groups is 1. The Morgan fingerprint density at radius 1 is 1.29 bits per heavy atom. The Kier molecular flexibility index (Phi) is 1.80. The van der Waals surface area contributed by atoms with Crippen LogP contribution in [0.4, 0.5) is 0 Å². The molecule has 0 bridgehead atoms. The third-order valence-corrected chi connectivity index (χ3v) is 3.10. The standard InChI is InChI=1S/C8H7N5S/c1-2-14-8(9-1)6-5-7(12-3-10-5)13-4-11-6/h3-5H,1-2H2. The van der Waals surface area contributed by atoms with Gasteiger partial charge in [0.05, 0.1) is 0 Å². The molecule has 0 spiro atoms. The SMILES string of the molecule is C1=NC2=NC=NC2C(C2=NCCS2)=N1. The molecule has 3 heterocycles. The number of fused-ring (bicyclic) bond motifs is 1. The lowest BCUT2D eigenvalue weighted by atomic mass is 10.1. The Bertz CT molecular complexity index is 417. The largest absolute Gasteiger partial charge is 0.276 e. The van der Waals surface area contributed by atoms with Crippen molar-refractivity contribution >= 4 is 41.0 Å². The Balaban J connectivity index is 1.99. The highest BCUT2D eigenvalue weighted by atomic mass is 32.2. The van der Waals surface area contributed by atoms with Gasteiger partial charge in [0.1, 0.15) is 23.4 Å². The van der Waals surface area contributed by atoms with Crippen molar-refractivity contribution in [2.24, 2.45) is 25.0 Å². The molecule has 3 rings (SSSR count). The third kappa shape index (κ3) is 1.14. The summed E-state index contributed by atoms with van der Waals surface area (Å²) in [5.41, 5.74) is 0.898. The van der Waals surface area contributed by atoms with Crippen LogP contribution in [0, 0.1) is 0 Å². The first-order valence-corrected chi connectivity index (χ1v) is 5.31. The minimum Gasteiger partial charge on any atom is -0.276 e. The zero-order valence-corrected chi connectivity index (χ0v) is 8.11. The smallest absolute Gasteiger partial charge is 0.162 e. The second-order valence-corrected chi connectivity index (χ2v) is 4.03. The molecule has 5 nitrogen and oxygen atoms in total. The molecule has 3 aliphatic rings. The van der Waals surface area contributed by atoms with Crippen molar-refractivity contribution in [1.29, 1.82) is 0 Å². The van der Waals surface area contributed by atoms with Crippen LogP contribution in [0.2, 0.25) is 0 Å². The van der Waals surface area contributed by atoms with E-state index in [1.807, 2.05) is 0 Å². The monoisotopic (exact) mass is 205 g/mol. The van der Waals surface area contributed by atoms with Crippen LogP contribution in [0.25, 0.3) is 0 Å². The minimum atomic E-state index is -0.107. The molecule has 0 saturated carbocycles. The van der Waals surface area contributed by atoms with Gasteiger partial charge in [0.2, 0.25) is 0 Å². The molecule has 1 atom stereocenters. The van der Waals surface area contributed by atoms with Gasteiger partial charge in [0.25, 0.3) is 0 Å². The van der Waals surface area contributed by atoms with E-state index in [9.17, 15) is 0 Å². The highest BCUT2D eigenvalue weighted by Gasteiger charge is 2.30. The van der Waals surface area contributed by atoms with E-state index in [1.54, 1.807) is 18.1 Å². The van der Waals surface area contributed by atoms with E-state index in [4.69, 9.17) is 0 Å². The Labute approximate surface area is 84.9 Å². The Morgan fingerprint density at radius 2 is 2.29 bits per heavy atom. The predicted octanol–water partition coefficient (Wildman–Crippen LogP) is 0.424. The summed E-state index contributed by atoms with van der Waals surface area (Å²) in [5, 5.41) is 0.993. The minimum absolute atomic E-state index is 0.107. The molecule has 0 N–H and O–H groups in total. The van der Waals surface area contributed by atoms with E-state index in [0.29, 0.717) is 0 Å². The lowest BCUT2D eigenvalue weighted by Gasteiger charge is -2.12. The van der Waals surface area contributed by atoms with Crippen molar-refractivity contribution in [3.8, 4) is 0 Å². The van der Waals surface area contributed by atoms with Crippen molar-refractivity contribution in [3.63, 3.8) is 0 Å². The first-order valence-electron chi connectivity index (χ1n) is 4.32. The summed E-state index contributed by atoms with van der Waals surface area (Å²) in [4.78, 5) is 20.9. The number of hydrogen-bond donors (Lipinski definition) is 0. The summed E-state index contributed by atoms with van der Waals surface area (Å²) in [6, 6.07) is -0.107. The maximum Gasteiger partial charge on any atom is 0.162 e. The lowest BCUT2D eigenvalue weighted by Crippen LogP contribution is -2.32. The molecule has 0 radical (unpaired) electrons. The normalized spacial score (nSPS) is 28.6. The fraction of sp³-hybridized carbons (Fsp3) is 0.375. The topological polar surface area (TPSA) is 61.8 Å². The molecular weight excluding hydrogens is 198 g/mol. The second kappa shape index (κ2) is 3.13. The van der Waals surface area contributed by atoms with E-state index in [0.717, 1.165) is 28.9 Å². The molecule has 0 aromatic carbocycles. The van der Waals surface area contributed by atoms with Crippen molar-refractivity contribution in [2.75, 3.05) is 12.3 Å². The average molecular weight is 205 g/mol. The van der Waals surface area contributed by atoms with Gasteiger partial charge in [-0.15, -0.1) is 11.8 Å². The fourth-order valence-corrected chi connectivity index (χ4v) is 2.35. The van der Waals surface area contributed by atoms with Gasteiger partial charge in [0, 0.05) is 12.3 Å². The molecule has 0 aromatic heterocycles. The molecule has 1 unspecified atom stereocenters. The van der Waals surface area contributed by atoms with Crippen LogP contribution in [0.5, 0.6) is 0 Å². The van der Waals surface area contributed by atoms with Gasteiger partial charge in [-0.3, -0.25) is 9.98 Å². The number of aliphatic imine (C=N–C) groups is 5. The highest BCUT2D eigenvalue weighted by Crippen LogP contribution is 2.19. The van der Waals surface area contributed by atoms with E-state index >= 15 is 0 Å². The van der Waals surface area contributed by atoms with E-state index < -0.39 is 0 Å². The van der Waals surface area contributed by atoms with Gasteiger partial charge >= 0.3 is 0 Å². The predicted molar refractivity (Wildman–Crippen MR) is 60.4 cm³/mol. The third-order valence-electron chi connectivity index (χ3n) is 2.10. The molecular formula is C8H7N5S. The Morgan fingerprint density at radius 3 is 3.14 bits per heavy atom. The van der Waals surface area contributed by atoms with Gasteiger partial charge in [-0.2, -0.15) is 0 Å². The molecule has 3 aliphatic heterocycles. The summed E-state index contributed by atoms with van der Waals surface area (Å²) in [5.74, 6) is 1.76. The molecule has 0 saturated heterocycles. The van der Waals surface area contributed by atoms with Crippen molar-refractivity contribution < 1.29 is 0 Å². The molecule has 0 fully saturated rings. The first kappa shape index (κ1) is 8.05. The van der Waals surface area contributed by atoms with E-state index in [-0.39, 0.29) is 6.04 Å². The van der Waals surface area contributed by atoms with Crippen LogP contribution in [-0.4, -0.2) is 47.6 Å². The average Bonchev–Trinajstić information content (AvgIpc) is 2.88. The van der Waals surface area contributed by atoms with Crippen LogP contribution in [-0.2, 0) is 0 Å². The van der Waals surface area contributed by atoms with Crippen LogP contribution in [0.15, 0.2) is 25.0 Å². The highest BCUT2D eigenvalue weighted by molar-refractivity contribution is 8.16. The number of hydrogen-bond acceptors (Lipinski definition) is 6. The molecule has 70 valence electrons. The molecule has 6 heteroatoms.